The lowest BCUT2D eigenvalue weighted by Crippen LogP contribution is -2.07. The third-order valence-corrected chi connectivity index (χ3v) is 3.27. The average Bonchev–Trinajstić information content (AvgIpc) is 2.88. The van der Waals surface area contributed by atoms with Gasteiger partial charge in [0.05, 0.1) is 19.9 Å². The molecule has 2 heterocycles. The van der Waals surface area contributed by atoms with Crippen LogP contribution in [0.2, 0.25) is 0 Å². The molecule has 2 aromatic rings. The highest BCUT2D eigenvalue weighted by molar-refractivity contribution is 5.95. The smallest absolute Gasteiger partial charge is 0.339 e. The second-order valence-electron chi connectivity index (χ2n) is 4.38. The van der Waals surface area contributed by atoms with Crippen molar-refractivity contribution in [1.82, 2.24) is 20.0 Å². The average molecular weight is 288 g/mol. The SMILES string of the molecule is COC1=CCc2cc(C(=O)O)c3nnnn3c2C=C1OC. The maximum absolute atomic E-state index is 11.3. The number of rotatable bonds is 3. The molecule has 1 aliphatic rings. The van der Waals surface area contributed by atoms with Gasteiger partial charge in [-0.2, -0.15) is 4.52 Å². The van der Waals surface area contributed by atoms with E-state index in [9.17, 15) is 9.90 Å². The van der Waals surface area contributed by atoms with E-state index in [4.69, 9.17) is 9.47 Å². The van der Waals surface area contributed by atoms with E-state index in [0.717, 1.165) is 5.56 Å². The zero-order valence-electron chi connectivity index (χ0n) is 11.4. The molecule has 8 nitrogen and oxygen atoms in total. The normalized spacial score (nSPS) is 14.0. The van der Waals surface area contributed by atoms with Crippen molar-refractivity contribution in [1.29, 1.82) is 0 Å². The van der Waals surface area contributed by atoms with Gasteiger partial charge >= 0.3 is 5.97 Å². The van der Waals surface area contributed by atoms with Crippen LogP contribution in [0.15, 0.2) is 23.7 Å². The van der Waals surface area contributed by atoms with Gasteiger partial charge in [-0.25, -0.2) is 4.79 Å². The molecule has 0 amide bonds. The zero-order valence-corrected chi connectivity index (χ0v) is 11.4. The number of nitrogens with zero attached hydrogens (tertiary/aromatic N) is 4. The standard InChI is InChI=1S/C13H12N4O4/c1-20-10-4-3-7-5-8(13(18)19)12-14-15-16-17(12)9(7)6-11(10)21-2/h4-6H,3H2,1-2H3,(H,18,19). The largest absolute Gasteiger partial charge is 0.493 e. The maximum Gasteiger partial charge on any atom is 0.339 e. The molecule has 1 N–H and O–H groups in total. The van der Waals surface area contributed by atoms with Gasteiger partial charge in [0.25, 0.3) is 0 Å². The van der Waals surface area contributed by atoms with Crippen molar-refractivity contribution >= 4 is 17.7 Å². The van der Waals surface area contributed by atoms with E-state index in [1.165, 1.54) is 11.6 Å². The molecule has 0 radical (unpaired) electrons. The molecule has 3 rings (SSSR count). The van der Waals surface area contributed by atoms with Crippen LogP contribution in [0.4, 0.5) is 0 Å². The predicted molar refractivity (Wildman–Crippen MR) is 71.5 cm³/mol. The van der Waals surface area contributed by atoms with Crippen LogP contribution in [0, 0.1) is 0 Å². The third kappa shape index (κ3) is 2.00. The van der Waals surface area contributed by atoms with Gasteiger partial charge < -0.3 is 14.6 Å². The Kier molecular flexibility index (Phi) is 3.05. The molecule has 21 heavy (non-hydrogen) atoms. The molecule has 1 aliphatic carbocycles. The molecule has 0 saturated heterocycles. The van der Waals surface area contributed by atoms with Gasteiger partial charge in [0.2, 0.25) is 0 Å². The Labute approximate surface area is 119 Å². The molecule has 2 aromatic heterocycles. The minimum atomic E-state index is -1.08. The number of fused-ring (bicyclic) bond motifs is 3. The van der Waals surface area contributed by atoms with Gasteiger partial charge in [-0.1, -0.05) is 0 Å². The first-order chi connectivity index (χ1) is 10.2. The lowest BCUT2D eigenvalue weighted by atomic mass is 10.1. The molecule has 0 fully saturated rings. The number of methoxy groups -OCH3 is 2. The molecule has 0 unspecified atom stereocenters. The number of ether oxygens (including phenoxy) is 2. The highest BCUT2D eigenvalue weighted by Gasteiger charge is 2.21. The van der Waals surface area contributed by atoms with E-state index in [1.54, 1.807) is 19.3 Å². The molecule has 0 spiro atoms. The minimum Gasteiger partial charge on any atom is -0.493 e. The van der Waals surface area contributed by atoms with Gasteiger partial charge in [-0.15, -0.1) is 5.10 Å². The topological polar surface area (TPSA) is 98.8 Å². The lowest BCUT2D eigenvalue weighted by Gasteiger charge is -2.08. The summed E-state index contributed by atoms with van der Waals surface area (Å²) in [5, 5.41) is 20.5. The van der Waals surface area contributed by atoms with Crippen LogP contribution in [0.3, 0.4) is 0 Å². The Balaban J connectivity index is 2.31. The van der Waals surface area contributed by atoms with Crippen LogP contribution >= 0.6 is 0 Å². The highest BCUT2D eigenvalue weighted by atomic mass is 16.5. The summed E-state index contributed by atoms with van der Waals surface area (Å²) in [4.78, 5) is 11.3. The fourth-order valence-corrected chi connectivity index (χ4v) is 2.28. The van der Waals surface area contributed by atoms with Gasteiger partial charge in [-0.05, 0) is 34.6 Å². The van der Waals surface area contributed by atoms with Gasteiger partial charge in [0, 0.05) is 6.08 Å². The van der Waals surface area contributed by atoms with Crippen molar-refractivity contribution in [2.75, 3.05) is 14.2 Å². The highest BCUT2D eigenvalue weighted by Crippen LogP contribution is 2.26. The second-order valence-corrected chi connectivity index (χ2v) is 4.38. The molecule has 8 heteroatoms. The molecule has 0 aliphatic heterocycles. The van der Waals surface area contributed by atoms with Crippen molar-refractivity contribution in [3.8, 4) is 0 Å². The Morgan fingerprint density at radius 1 is 1.33 bits per heavy atom. The van der Waals surface area contributed by atoms with E-state index in [-0.39, 0.29) is 11.2 Å². The lowest BCUT2D eigenvalue weighted by molar-refractivity contribution is 0.0698. The number of hydrogen-bond acceptors (Lipinski definition) is 6. The van der Waals surface area contributed by atoms with Gasteiger partial charge in [0.15, 0.2) is 17.2 Å². The number of aromatic nitrogens is 4. The summed E-state index contributed by atoms with van der Waals surface area (Å²) in [6, 6.07) is 1.57. The van der Waals surface area contributed by atoms with Gasteiger partial charge in [-0.3, -0.25) is 0 Å². The Bertz CT molecular complexity index is 791. The fourth-order valence-electron chi connectivity index (χ4n) is 2.28. The van der Waals surface area contributed by atoms with Crippen LogP contribution in [0.1, 0.15) is 21.6 Å². The number of hydrogen-bond donors (Lipinski definition) is 1. The number of carbonyl (C=O) groups is 1. The van der Waals surface area contributed by atoms with Crippen LogP contribution in [0.25, 0.3) is 11.7 Å². The molecule has 0 aromatic carbocycles. The number of carboxylic acids is 1. The van der Waals surface area contributed by atoms with Crippen LogP contribution in [0.5, 0.6) is 0 Å². The Morgan fingerprint density at radius 3 is 2.76 bits per heavy atom. The van der Waals surface area contributed by atoms with E-state index in [0.29, 0.717) is 23.6 Å². The van der Waals surface area contributed by atoms with E-state index in [2.05, 4.69) is 15.5 Å². The molecular formula is C13H12N4O4. The summed E-state index contributed by atoms with van der Waals surface area (Å²) in [5.74, 6) is 0.0247. The van der Waals surface area contributed by atoms with Crippen LogP contribution < -0.4 is 0 Å². The summed E-state index contributed by atoms with van der Waals surface area (Å²) in [6.07, 6.45) is 4.04. The van der Waals surface area contributed by atoms with Gasteiger partial charge in [0.1, 0.15) is 5.56 Å². The van der Waals surface area contributed by atoms with Crippen LogP contribution in [-0.2, 0) is 15.9 Å². The first-order valence-corrected chi connectivity index (χ1v) is 6.13. The fraction of sp³-hybridized carbons (Fsp3) is 0.231. The van der Waals surface area contributed by atoms with Crippen molar-refractivity contribution < 1.29 is 19.4 Å². The van der Waals surface area contributed by atoms with Crippen molar-refractivity contribution in [2.24, 2.45) is 0 Å². The van der Waals surface area contributed by atoms with Crippen molar-refractivity contribution in [3.63, 3.8) is 0 Å². The van der Waals surface area contributed by atoms with Crippen LogP contribution in [-0.4, -0.2) is 45.3 Å². The Morgan fingerprint density at radius 2 is 2.10 bits per heavy atom. The first kappa shape index (κ1) is 13.1. The first-order valence-electron chi connectivity index (χ1n) is 6.13. The molecule has 0 saturated carbocycles. The summed E-state index contributed by atoms with van der Waals surface area (Å²) in [7, 11) is 3.08. The maximum atomic E-state index is 11.3. The van der Waals surface area contributed by atoms with Crippen molar-refractivity contribution in [2.45, 2.75) is 6.42 Å². The molecule has 0 bridgehead atoms. The molecule has 108 valence electrons. The predicted octanol–water partition coefficient (Wildman–Crippen LogP) is 0.896. The zero-order chi connectivity index (χ0) is 15.0. The number of carboxylic acid groups (broad SMARTS) is 1. The monoisotopic (exact) mass is 288 g/mol. The third-order valence-electron chi connectivity index (χ3n) is 3.27. The summed E-state index contributed by atoms with van der Waals surface area (Å²) < 4.78 is 12.0. The second kappa shape index (κ2) is 4.89. The summed E-state index contributed by atoms with van der Waals surface area (Å²) in [5.41, 5.74) is 1.68. The quantitative estimate of drug-likeness (QED) is 0.895. The van der Waals surface area contributed by atoms with E-state index < -0.39 is 5.97 Å². The number of pyridine rings is 1. The summed E-state index contributed by atoms with van der Waals surface area (Å²) >= 11 is 0. The van der Waals surface area contributed by atoms with Crippen molar-refractivity contribution in [3.05, 3.63) is 40.5 Å². The van der Waals surface area contributed by atoms with E-state index in [1.807, 2.05) is 6.08 Å². The van der Waals surface area contributed by atoms with E-state index >= 15 is 0 Å². The number of aromatic carboxylic acids is 1. The number of tetrazole rings is 1. The molecule has 0 atom stereocenters. The molecular weight excluding hydrogens is 276 g/mol. The minimum absolute atomic E-state index is 0.0559. The Hall–Kier alpha value is -2.90. The number of allylic oxidation sites excluding steroid dienone is 1. The summed E-state index contributed by atoms with van der Waals surface area (Å²) in [6.45, 7) is 0.